The third kappa shape index (κ3) is 2.01. The van der Waals surface area contributed by atoms with Crippen molar-refractivity contribution >= 4 is 23.2 Å². The van der Waals surface area contributed by atoms with Crippen LogP contribution in [0.5, 0.6) is 0 Å². The summed E-state index contributed by atoms with van der Waals surface area (Å²) < 4.78 is 25.9. The molecular weight excluding hydrogens is 257 g/mol. The van der Waals surface area contributed by atoms with Gasteiger partial charge in [-0.25, -0.2) is 13.8 Å². The summed E-state index contributed by atoms with van der Waals surface area (Å²) in [5, 5.41) is 0.399. The predicted octanol–water partition coefficient (Wildman–Crippen LogP) is 3.01. The zero-order valence-electron chi connectivity index (χ0n) is 8.31. The number of halogens is 4. The Labute approximate surface area is 102 Å². The second kappa shape index (κ2) is 3.79. The van der Waals surface area contributed by atoms with Gasteiger partial charge in [0.1, 0.15) is 10.3 Å². The van der Waals surface area contributed by atoms with Crippen LogP contribution in [0.1, 0.15) is 18.4 Å². The van der Waals surface area contributed by atoms with Gasteiger partial charge < -0.3 is 5.73 Å². The molecule has 0 amide bonds. The smallest absolute Gasteiger partial charge is 0.250 e. The number of nitrogens with zero attached hydrogens (tertiary/aromatic N) is 1. The van der Waals surface area contributed by atoms with Crippen LogP contribution < -0.4 is 5.73 Å². The van der Waals surface area contributed by atoms with Gasteiger partial charge in [0.15, 0.2) is 0 Å². The number of nitrogens with two attached hydrogens (primary N) is 1. The minimum Gasteiger partial charge on any atom is -0.330 e. The van der Waals surface area contributed by atoms with Gasteiger partial charge in [0.25, 0.3) is 0 Å². The molecule has 2 N–H and O–H groups in total. The summed E-state index contributed by atoms with van der Waals surface area (Å²) in [6, 6.07) is 3.10. The van der Waals surface area contributed by atoms with Crippen molar-refractivity contribution in [2.75, 3.05) is 6.54 Å². The van der Waals surface area contributed by atoms with Gasteiger partial charge in [-0.3, -0.25) is 0 Å². The summed E-state index contributed by atoms with van der Waals surface area (Å²) in [6.45, 7) is 0.152. The van der Waals surface area contributed by atoms with Crippen LogP contribution in [0, 0.1) is 0 Å². The molecule has 1 heterocycles. The van der Waals surface area contributed by atoms with E-state index in [4.69, 9.17) is 28.9 Å². The minimum atomic E-state index is -2.64. The van der Waals surface area contributed by atoms with Crippen molar-refractivity contribution in [3.05, 3.63) is 28.0 Å². The fourth-order valence-electron chi connectivity index (χ4n) is 2.18. The van der Waals surface area contributed by atoms with Gasteiger partial charge in [-0.1, -0.05) is 23.2 Å². The fraction of sp³-hybridized carbons (Fsp3) is 0.500. The summed E-state index contributed by atoms with van der Waals surface area (Å²) in [4.78, 5) is 3.78. The molecule has 1 aliphatic rings. The summed E-state index contributed by atoms with van der Waals surface area (Å²) in [6.07, 6.45) is -0.514. The highest BCUT2D eigenvalue weighted by molar-refractivity contribution is 6.32. The minimum absolute atomic E-state index is 0.152. The second-order valence-electron chi connectivity index (χ2n) is 4.20. The van der Waals surface area contributed by atoms with Gasteiger partial charge in [0.2, 0.25) is 5.92 Å². The van der Waals surface area contributed by atoms with E-state index in [1.165, 1.54) is 0 Å². The maximum absolute atomic E-state index is 13.0. The molecule has 2 nitrogen and oxygen atoms in total. The first kappa shape index (κ1) is 12.0. The van der Waals surface area contributed by atoms with E-state index in [-0.39, 0.29) is 29.7 Å². The number of hydrogen-bond acceptors (Lipinski definition) is 2. The Morgan fingerprint density at radius 1 is 1.25 bits per heavy atom. The van der Waals surface area contributed by atoms with E-state index in [0.29, 0.717) is 5.56 Å². The van der Waals surface area contributed by atoms with Crippen molar-refractivity contribution in [3.63, 3.8) is 0 Å². The third-order valence-corrected chi connectivity index (χ3v) is 3.35. The molecule has 1 aromatic rings. The van der Waals surface area contributed by atoms with E-state index < -0.39 is 11.3 Å². The van der Waals surface area contributed by atoms with Crippen molar-refractivity contribution in [1.29, 1.82) is 0 Å². The van der Waals surface area contributed by atoms with Crippen LogP contribution >= 0.6 is 23.2 Å². The monoisotopic (exact) mass is 266 g/mol. The molecule has 0 unspecified atom stereocenters. The number of alkyl halides is 2. The van der Waals surface area contributed by atoms with Crippen molar-refractivity contribution < 1.29 is 8.78 Å². The first-order valence-electron chi connectivity index (χ1n) is 4.78. The summed E-state index contributed by atoms with van der Waals surface area (Å²) >= 11 is 11.5. The molecule has 88 valence electrons. The van der Waals surface area contributed by atoms with Crippen LogP contribution in [0.15, 0.2) is 12.1 Å². The lowest BCUT2D eigenvalue weighted by molar-refractivity contribution is -0.123. The van der Waals surface area contributed by atoms with Crippen molar-refractivity contribution in [2.45, 2.75) is 24.2 Å². The molecule has 1 aromatic heterocycles. The standard InChI is InChI=1S/C10H10Cl2F2N2/c11-7-1-6(2-8(12)16-7)9(5-15)3-10(13,14)4-9/h1-2H,3-5,15H2. The molecule has 0 atom stereocenters. The van der Waals surface area contributed by atoms with Crippen molar-refractivity contribution in [1.82, 2.24) is 4.98 Å². The molecule has 1 fully saturated rings. The number of hydrogen-bond donors (Lipinski definition) is 1. The Bertz CT molecular complexity index is 395. The van der Waals surface area contributed by atoms with Gasteiger partial charge in [-0.2, -0.15) is 0 Å². The van der Waals surface area contributed by atoms with E-state index in [9.17, 15) is 8.78 Å². The second-order valence-corrected chi connectivity index (χ2v) is 4.97. The van der Waals surface area contributed by atoms with Crippen LogP contribution in [0.4, 0.5) is 8.78 Å². The van der Waals surface area contributed by atoms with E-state index in [1.807, 2.05) is 0 Å². The number of rotatable bonds is 2. The third-order valence-electron chi connectivity index (χ3n) is 2.96. The first-order chi connectivity index (χ1) is 7.37. The highest BCUT2D eigenvalue weighted by Crippen LogP contribution is 2.53. The van der Waals surface area contributed by atoms with Gasteiger partial charge >= 0.3 is 0 Å². The average Bonchev–Trinajstić information content (AvgIpc) is 2.11. The van der Waals surface area contributed by atoms with Crippen LogP contribution in [0.25, 0.3) is 0 Å². The van der Waals surface area contributed by atoms with Crippen LogP contribution in [-0.4, -0.2) is 17.5 Å². The van der Waals surface area contributed by atoms with E-state index in [2.05, 4.69) is 4.98 Å². The zero-order chi connectivity index (χ0) is 12.0. The fourth-order valence-corrected chi connectivity index (χ4v) is 2.64. The van der Waals surface area contributed by atoms with Crippen LogP contribution in [-0.2, 0) is 5.41 Å². The summed E-state index contributed by atoms with van der Waals surface area (Å²) in [5.74, 6) is -2.64. The van der Waals surface area contributed by atoms with Crippen molar-refractivity contribution in [3.8, 4) is 0 Å². The lowest BCUT2D eigenvalue weighted by atomic mass is 9.62. The molecule has 16 heavy (non-hydrogen) atoms. The predicted molar refractivity (Wildman–Crippen MR) is 59.2 cm³/mol. The largest absolute Gasteiger partial charge is 0.330 e. The van der Waals surface area contributed by atoms with Gasteiger partial charge in [-0.05, 0) is 17.7 Å². The molecular formula is C10H10Cl2F2N2. The molecule has 0 spiro atoms. The van der Waals surface area contributed by atoms with E-state index in [1.54, 1.807) is 12.1 Å². The number of aromatic nitrogens is 1. The Balaban J connectivity index is 2.35. The van der Waals surface area contributed by atoms with Gasteiger partial charge in [0.05, 0.1) is 0 Å². The lowest BCUT2D eigenvalue weighted by Gasteiger charge is -2.47. The normalized spacial score (nSPS) is 21.6. The van der Waals surface area contributed by atoms with Gasteiger partial charge in [0, 0.05) is 24.8 Å². The highest BCUT2D eigenvalue weighted by Gasteiger charge is 2.56. The number of pyridine rings is 1. The van der Waals surface area contributed by atoms with Gasteiger partial charge in [-0.15, -0.1) is 0 Å². The Morgan fingerprint density at radius 2 is 1.75 bits per heavy atom. The maximum atomic E-state index is 13.0. The molecule has 0 aromatic carbocycles. The molecule has 1 saturated carbocycles. The van der Waals surface area contributed by atoms with E-state index >= 15 is 0 Å². The Kier molecular flexibility index (Phi) is 2.85. The SMILES string of the molecule is NCC1(c2cc(Cl)nc(Cl)c2)CC(F)(F)C1. The Hall–Kier alpha value is -0.450. The molecule has 0 radical (unpaired) electrons. The van der Waals surface area contributed by atoms with Crippen molar-refractivity contribution in [2.24, 2.45) is 5.73 Å². The molecule has 0 aliphatic heterocycles. The average molecular weight is 267 g/mol. The molecule has 0 bridgehead atoms. The summed E-state index contributed by atoms with van der Waals surface area (Å²) in [7, 11) is 0. The molecule has 0 saturated heterocycles. The molecule has 1 aliphatic carbocycles. The summed E-state index contributed by atoms with van der Waals surface area (Å²) in [5.41, 5.74) is 5.52. The molecule has 2 rings (SSSR count). The maximum Gasteiger partial charge on any atom is 0.250 e. The quantitative estimate of drug-likeness (QED) is 0.836. The highest BCUT2D eigenvalue weighted by atomic mass is 35.5. The zero-order valence-corrected chi connectivity index (χ0v) is 9.82. The van der Waals surface area contributed by atoms with Crippen LogP contribution in [0.2, 0.25) is 10.3 Å². The van der Waals surface area contributed by atoms with Crippen LogP contribution in [0.3, 0.4) is 0 Å². The first-order valence-corrected chi connectivity index (χ1v) is 5.54. The lowest BCUT2D eigenvalue weighted by Crippen LogP contribution is -2.53. The Morgan fingerprint density at radius 3 is 2.12 bits per heavy atom. The molecule has 6 heteroatoms. The topological polar surface area (TPSA) is 38.9 Å². The van der Waals surface area contributed by atoms with E-state index in [0.717, 1.165) is 0 Å².